The van der Waals surface area contributed by atoms with Crippen molar-refractivity contribution in [2.24, 2.45) is 0 Å². The van der Waals surface area contributed by atoms with Crippen LogP contribution in [0.1, 0.15) is 15.9 Å². The number of amides is 2. The Morgan fingerprint density at radius 3 is 2.42 bits per heavy atom. The lowest BCUT2D eigenvalue weighted by molar-refractivity contribution is -0.123. The Labute approximate surface area is 200 Å². The number of hydrazine groups is 1. The molecule has 0 aliphatic rings. The topological polar surface area (TPSA) is 67.4 Å². The van der Waals surface area contributed by atoms with Crippen molar-refractivity contribution in [2.75, 3.05) is 6.61 Å². The van der Waals surface area contributed by atoms with Crippen LogP contribution in [0.4, 0.5) is 0 Å². The van der Waals surface area contributed by atoms with E-state index >= 15 is 0 Å². The van der Waals surface area contributed by atoms with Gasteiger partial charge < -0.3 is 4.74 Å². The van der Waals surface area contributed by atoms with Gasteiger partial charge in [-0.2, -0.15) is 11.3 Å². The van der Waals surface area contributed by atoms with Gasteiger partial charge in [0.2, 0.25) is 0 Å². The molecule has 0 aliphatic heterocycles. The number of hydrogen-bond acceptors (Lipinski definition) is 5. The third-order valence-electron chi connectivity index (χ3n) is 4.75. The highest BCUT2D eigenvalue weighted by Crippen LogP contribution is 2.29. The Balaban J connectivity index is 1.32. The molecule has 0 atom stereocenters. The van der Waals surface area contributed by atoms with Gasteiger partial charge in [0.05, 0.1) is 5.56 Å². The minimum atomic E-state index is -0.449. The van der Waals surface area contributed by atoms with E-state index < -0.39 is 5.91 Å². The monoisotopic (exact) mass is 474 g/mol. The van der Waals surface area contributed by atoms with Crippen molar-refractivity contribution in [3.63, 3.8) is 0 Å². The molecular weight excluding hydrogens is 452 g/mol. The van der Waals surface area contributed by atoms with Gasteiger partial charge in [-0.3, -0.25) is 20.4 Å². The zero-order valence-corrected chi connectivity index (χ0v) is 19.3. The molecule has 0 spiro atoms. The zero-order valence-electron chi connectivity index (χ0n) is 17.7. The Morgan fingerprint density at radius 1 is 0.848 bits per heavy atom. The molecule has 1 aromatic heterocycles. The average Bonchev–Trinajstić information content (AvgIpc) is 3.39. The highest BCUT2D eigenvalue weighted by atomic mass is 32.2. The molecule has 0 radical (unpaired) electrons. The van der Waals surface area contributed by atoms with Crippen molar-refractivity contribution in [1.82, 2.24) is 10.9 Å². The Bertz CT molecular complexity index is 1210. The number of hydrogen-bond donors (Lipinski definition) is 2. The SMILES string of the molecule is O=C(COc1ccccc1-c1ccccc1)NNC(=O)c1ccccc1SCc1ccsc1. The molecule has 1 heterocycles. The number of carbonyl (C=O) groups excluding carboxylic acids is 2. The molecule has 2 N–H and O–H groups in total. The van der Waals surface area contributed by atoms with Gasteiger partial charge >= 0.3 is 0 Å². The number of rotatable bonds is 8. The summed E-state index contributed by atoms with van der Waals surface area (Å²) in [7, 11) is 0. The first-order valence-electron chi connectivity index (χ1n) is 10.3. The van der Waals surface area contributed by atoms with E-state index in [-0.39, 0.29) is 12.5 Å². The molecule has 0 saturated heterocycles. The zero-order chi connectivity index (χ0) is 22.9. The Morgan fingerprint density at radius 2 is 1.61 bits per heavy atom. The van der Waals surface area contributed by atoms with Crippen molar-refractivity contribution in [3.8, 4) is 16.9 Å². The van der Waals surface area contributed by atoms with Gasteiger partial charge in [-0.05, 0) is 46.2 Å². The molecule has 0 bridgehead atoms. The van der Waals surface area contributed by atoms with Gasteiger partial charge in [-0.1, -0.05) is 60.7 Å². The molecule has 166 valence electrons. The summed E-state index contributed by atoms with van der Waals surface area (Å²) in [6, 6.07) is 26.7. The normalized spacial score (nSPS) is 10.4. The quantitative estimate of drug-likeness (QED) is 0.260. The highest BCUT2D eigenvalue weighted by molar-refractivity contribution is 7.98. The lowest BCUT2D eigenvalue weighted by atomic mass is 10.1. The van der Waals surface area contributed by atoms with Crippen LogP contribution in [0.3, 0.4) is 0 Å². The van der Waals surface area contributed by atoms with E-state index in [4.69, 9.17) is 4.74 Å². The summed E-state index contributed by atoms with van der Waals surface area (Å²) >= 11 is 3.23. The summed E-state index contributed by atoms with van der Waals surface area (Å²) in [4.78, 5) is 25.8. The van der Waals surface area contributed by atoms with Crippen LogP contribution in [0.5, 0.6) is 5.75 Å². The van der Waals surface area contributed by atoms with Gasteiger partial charge in [0.25, 0.3) is 11.8 Å². The third-order valence-corrected chi connectivity index (χ3v) is 6.63. The molecule has 3 aromatic carbocycles. The summed E-state index contributed by atoms with van der Waals surface area (Å²) in [5, 5.41) is 4.12. The number of thioether (sulfide) groups is 1. The Hall–Kier alpha value is -3.55. The predicted octanol–water partition coefficient (Wildman–Crippen LogP) is 5.55. The summed E-state index contributed by atoms with van der Waals surface area (Å²) in [5.41, 5.74) is 8.53. The van der Waals surface area contributed by atoms with Crippen LogP contribution in [-0.2, 0) is 10.5 Å². The molecule has 33 heavy (non-hydrogen) atoms. The second kappa shape index (κ2) is 11.4. The van der Waals surface area contributed by atoms with Crippen molar-refractivity contribution >= 4 is 34.9 Å². The standard InChI is InChI=1S/C26H22N2O3S2/c29-25(16-31-23-12-6-4-10-21(23)20-8-2-1-3-9-20)27-28-26(30)22-11-5-7-13-24(22)33-18-19-14-15-32-17-19/h1-15,17H,16,18H2,(H,27,29)(H,28,30). The van der Waals surface area contributed by atoms with E-state index in [1.807, 2.05) is 72.1 Å². The summed E-state index contributed by atoms with van der Waals surface area (Å²) in [5.74, 6) is 0.547. The first-order chi connectivity index (χ1) is 16.2. The molecule has 4 rings (SSSR count). The van der Waals surface area contributed by atoms with Crippen molar-refractivity contribution in [1.29, 1.82) is 0 Å². The smallest absolute Gasteiger partial charge is 0.276 e. The summed E-state index contributed by atoms with van der Waals surface area (Å²) in [6.07, 6.45) is 0. The van der Waals surface area contributed by atoms with Crippen molar-refractivity contribution in [2.45, 2.75) is 10.6 Å². The van der Waals surface area contributed by atoms with E-state index in [0.29, 0.717) is 11.3 Å². The van der Waals surface area contributed by atoms with Gasteiger partial charge in [0.1, 0.15) is 5.75 Å². The largest absolute Gasteiger partial charge is 0.483 e. The molecule has 5 nitrogen and oxygen atoms in total. The molecule has 2 amide bonds. The number of nitrogens with one attached hydrogen (secondary N) is 2. The molecule has 0 aliphatic carbocycles. The fourth-order valence-electron chi connectivity index (χ4n) is 3.14. The number of para-hydroxylation sites is 1. The van der Waals surface area contributed by atoms with Gasteiger partial charge in [0.15, 0.2) is 6.61 Å². The predicted molar refractivity (Wildman–Crippen MR) is 133 cm³/mol. The molecular formula is C26H22N2O3S2. The van der Waals surface area contributed by atoms with Crippen LogP contribution in [0.2, 0.25) is 0 Å². The summed E-state index contributed by atoms with van der Waals surface area (Å²) < 4.78 is 5.73. The first-order valence-corrected chi connectivity index (χ1v) is 12.2. The van der Waals surface area contributed by atoms with E-state index in [1.54, 1.807) is 35.2 Å². The van der Waals surface area contributed by atoms with Gasteiger partial charge in [-0.15, -0.1) is 11.8 Å². The molecule has 4 aromatic rings. The lowest BCUT2D eigenvalue weighted by Crippen LogP contribution is -2.44. The fourth-order valence-corrected chi connectivity index (χ4v) is 4.90. The number of thiophene rings is 1. The summed E-state index contributed by atoms with van der Waals surface area (Å²) in [6.45, 7) is -0.224. The van der Waals surface area contributed by atoms with Crippen molar-refractivity contribution < 1.29 is 14.3 Å². The number of benzene rings is 3. The average molecular weight is 475 g/mol. The minimum absolute atomic E-state index is 0.224. The van der Waals surface area contributed by atoms with Crippen LogP contribution >= 0.6 is 23.1 Å². The van der Waals surface area contributed by atoms with E-state index in [9.17, 15) is 9.59 Å². The minimum Gasteiger partial charge on any atom is -0.483 e. The maximum absolute atomic E-state index is 12.7. The van der Waals surface area contributed by atoms with Crippen LogP contribution in [0.25, 0.3) is 11.1 Å². The van der Waals surface area contributed by atoms with Crippen LogP contribution < -0.4 is 15.6 Å². The van der Waals surface area contributed by atoms with Gasteiger partial charge in [-0.25, -0.2) is 0 Å². The van der Waals surface area contributed by atoms with E-state index in [2.05, 4.69) is 22.3 Å². The van der Waals surface area contributed by atoms with Crippen LogP contribution in [0, 0.1) is 0 Å². The maximum Gasteiger partial charge on any atom is 0.276 e. The fraction of sp³-hybridized carbons (Fsp3) is 0.0769. The maximum atomic E-state index is 12.7. The highest BCUT2D eigenvalue weighted by Gasteiger charge is 2.13. The number of carbonyl (C=O) groups is 2. The molecule has 0 fully saturated rings. The third kappa shape index (κ3) is 6.25. The number of ether oxygens (including phenoxy) is 1. The lowest BCUT2D eigenvalue weighted by Gasteiger charge is -2.13. The second-order valence-corrected chi connectivity index (χ2v) is 8.87. The molecule has 7 heteroatoms. The molecule has 0 saturated carbocycles. The van der Waals surface area contributed by atoms with Crippen molar-refractivity contribution in [3.05, 3.63) is 107 Å². The molecule has 0 unspecified atom stereocenters. The van der Waals surface area contributed by atoms with E-state index in [0.717, 1.165) is 21.8 Å². The first kappa shape index (κ1) is 22.6. The van der Waals surface area contributed by atoms with Crippen LogP contribution in [0.15, 0.2) is 101 Å². The van der Waals surface area contributed by atoms with E-state index in [1.165, 1.54) is 5.56 Å². The van der Waals surface area contributed by atoms with Crippen LogP contribution in [-0.4, -0.2) is 18.4 Å². The Kier molecular flexibility index (Phi) is 7.79. The second-order valence-electron chi connectivity index (χ2n) is 7.07. The van der Waals surface area contributed by atoms with Gasteiger partial charge in [0, 0.05) is 16.2 Å².